The first-order valence-electron chi connectivity index (χ1n) is 7.34. The summed E-state index contributed by atoms with van der Waals surface area (Å²) in [6.45, 7) is 1.04. The molecule has 24 heavy (non-hydrogen) atoms. The molecule has 0 atom stereocenters. The lowest BCUT2D eigenvalue weighted by Gasteiger charge is -2.19. The van der Waals surface area contributed by atoms with Gasteiger partial charge in [-0.2, -0.15) is 5.21 Å². The third-order valence-electron chi connectivity index (χ3n) is 3.55. The highest BCUT2D eigenvalue weighted by atomic mass is 16.6. The normalized spacial score (nSPS) is 12.7. The topological polar surface area (TPSA) is 102 Å². The number of tetrazole rings is 1. The average Bonchev–Trinajstić information content (AvgIpc) is 3.16. The second-order valence-corrected chi connectivity index (χ2v) is 5.13. The third-order valence-corrected chi connectivity index (χ3v) is 3.55. The van der Waals surface area contributed by atoms with E-state index in [1.54, 1.807) is 42.5 Å². The van der Waals surface area contributed by atoms with Crippen LogP contribution in [0.2, 0.25) is 0 Å². The van der Waals surface area contributed by atoms with E-state index in [0.717, 1.165) is 5.56 Å². The van der Waals surface area contributed by atoms with Crippen LogP contribution in [0.5, 0.6) is 11.5 Å². The molecule has 1 amide bonds. The number of hydrogen-bond acceptors (Lipinski definition) is 6. The SMILES string of the molecule is O=C(Nc1ccc2c(c1)OCCO2)c1ccc(-c2nn[nH]n2)cc1. The molecule has 0 radical (unpaired) electrons. The molecule has 0 spiro atoms. The number of carbonyl (C=O) groups excluding carboxylic acids is 1. The molecule has 3 aromatic rings. The number of H-pyrrole nitrogens is 1. The molecule has 120 valence electrons. The summed E-state index contributed by atoms with van der Waals surface area (Å²) in [5.74, 6) is 1.58. The minimum absolute atomic E-state index is 0.216. The molecule has 2 N–H and O–H groups in total. The summed E-state index contributed by atoms with van der Waals surface area (Å²) in [7, 11) is 0. The predicted molar refractivity (Wildman–Crippen MR) is 85.0 cm³/mol. The highest BCUT2D eigenvalue weighted by Gasteiger charge is 2.13. The summed E-state index contributed by atoms with van der Waals surface area (Å²) in [5, 5.41) is 16.5. The van der Waals surface area contributed by atoms with Crippen LogP contribution >= 0.6 is 0 Å². The Kier molecular flexibility index (Phi) is 3.54. The van der Waals surface area contributed by atoms with E-state index in [0.29, 0.717) is 41.8 Å². The van der Waals surface area contributed by atoms with Crippen molar-refractivity contribution in [2.24, 2.45) is 0 Å². The summed E-state index contributed by atoms with van der Waals surface area (Å²) in [6.07, 6.45) is 0. The van der Waals surface area contributed by atoms with Crippen LogP contribution in [0, 0.1) is 0 Å². The minimum Gasteiger partial charge on any atom is -0.486 e. The van der Waals surface area contributed by atoms with Gasteiger partial charge in [0.05, 0.1) is 0 Å². The monoisotopic (exact) mass is 323 g/mol. The number of rotatable bonds is 3. The lowest BCUT2D eigenvalue weighted by Crippen LogP contribution is -2.16. The van der Waals surface area contributed by atoms with Crippen molar-refractivity contribution in [2.75, 3.05) is 18.5 Å². The van der Waals surface area contributed by atoms with Crippen LogP contribution in [0.1, 0.15) is 10.4 Å². The highest BCUT2D eigenvalue weighted by Crippen LogP contribution is 2.32. The Morgan fingerprint density at radius 2 is 1.83 bits per heavy atom. The summed E-state index contributed by atoms with van der Waals surface area (Å²) in [4.78, 5) is 12.3. The maximum atomic E-state index is 12.3. The zero-order valence-electron chi connectivity index (χ0n) is 12.5. The van der Waals surface area contributed by atoms with Gasteiger partial charge in [-0.1, -0.05) is 12.1 Å². The van der Waals surface area contributed by atoms with Crippen molar-refractivity contribution in [3.63, 3.8) is 0 Å². The number of aromatic nitrogens is 4. The number of benzene rings is 2. The van der Waals surface area contributed by atoms with Crippen molar-refractivity contribution in [3.05, 3.63) is 48.0 Å². The van der Waals surface area contributed by atoms with Crippen molar-refractivity contribution >= 4 is 11.6 Å². The van der Waals surface area contributed by atoms with Gasteiger partial charge in [0, 0.05) is 22.9 Å². The third kappa shape index (κ3) is 2.76. The fourth-order valence-corrected chi connectivity index (χ4v) is 2.38. The van der Waals surface area contributed by atoms with Crippen LogP contribution in [-0.2, 0) is 0 Å². The predicted octanol–water partition coefficient (Wildman–Crippen LogP) is 1.89. The fourth-order valence-electron chi connectivity index (χ4n) is 2.38. The number of fused-ring (bicyclic) bond motifs is 1. The van der Waals surface area contributed by atoms with Crippen molar-refractivity contribution in [1.82, 2.24) is 20.6 Å². The second-order valence-electron chi connectivity index (χ2n) is 5.13. The summed E-state index contributed by atoms with van der Waals surface area (Å²) in [6, 6.07) is 12.3. The van der Waals surface area contributed by atoms with Crippen molar-refractivity contribution in [1.29, 1.82) is 0 Å². The van der Waals surface area contributed by atoms with Gasteiger partial charge in [-0.15, -0.1) is 10.2 Å². The maximum absolute atomic E-state index is 12.3. The number of nitrogens with one attached hydrogen (secondary N) is 2. The number of amides is 1. The van der Waals surface area contributed by atoms with Crippen LogP contribution in [0.15, 0.2) is 42.5 Å². The van der Waals surface area contributed by atoms with Gasteiger partial charge in [-0.25, -0.2) is 0 Å². The van der Waals surface area contributed by atoms with Crippen molar-refractivity contribution in [2.45, 2.75) is 0 Å². The standard InChI is InChI=1S/C16H13N5O3/c22-16(11-3-1-10(2-4-11)15-18-20-21-19-15)17-12-5-6-13-14(9-12)24-8-7-23-13/h1-6,9H,7-8H2,(H,17,22)(H,18,19,20,21). The molecule has 2 aromatic carbocycles. The largest absolute Gasteiger partial charge is 0.486 e. The molecule has 0 fully saturated rings. The van der Waals surface area contributed by atoms with Gasteiger partial charge < -0.3 is 14.8 Å². The van der Waals surface area contributed by atoms with Gasteiger partial charge in [-0.3, -0.25) is 4.79 Å². The summed E-state index contributed by atoms with van der Waals surface area (Å²) in [5.41, 5.74) is 1.95. The number of carbonyl (C=O) groups is 1. The molecule has 0 saturated heterocycles. The Morgan fingerprint density at radius 1 is 1.04 bits per heavy atom. The number of hydrogen-bond donors (Lipinski definition) is 2. The van der Waals surface area contributed by atoms with E-state index in [1.807, 2.05) is 0 Å². The van der Waals surface area contributed by atoms with E-state index in [2.05, 4.69) is 25.9 Å². The lowest BCUT2D eigenvalue weighted by atomic mass is 10.1. The van der Waals surface area contributed by atoms with E-state index in [1.165, 1.54) is 0 Å². The molecule has 0 unspecified atom stereocenters. The molecule has 1 aliphatic rings. The Balaban J connectivity index is 1.50. The van der Waals surface area contributed by atoms with Gasteiger partial charge in [0.2, 0.25) is 5.82 Å². The molecule has 1 aliphatic heterocycles. The van der Waals surface area contributed by atoms with E-state index < -0.39 is 0 Å². The van der Waals surface area contributed by atoms with Crippen LogP contribution in [0.4, 0.5) is 5.69 Å². The van der Waals surface area contributed by atoms with E-state index in [9.17, 15) is 4.79 Å². The zero-order valence-corrected chi connectivity index (χ0v) is 12.5. The van der Waals surface area contributed by atoms with Gasteiger partial charge in [0.15, 0.2) is 11.5 Å². The van der Waals surface area contributed by atoms with Gasteiger partial charge in [0.1, 0.15) is 13.2 Å². The Hall–Kier alpha value is -3.42. The Labute approximate surface area is 136 Å². The number of anilines is 1. The quantitative estimate of drug-likeness (QED) is 0.763. The molecule has 4 rings (SSSR count). The molecule has 2 heterocycles. The first-order valence-corrected chi connectivity index (χ1v) is 7.34. The first-order chi connectivity index (χ1) is 11.8. The molecule has 8 heteroatoms. The summed E-state index contributed by atoms with van der Waals surface area (Å²) >= 11 is 0. The number of aromatic amines is 1. The zero-order chi connectivity index (χ0) is 16.4. The Morgan fingerprint density at radius 3 is 2.58 bits per heavy atom. The van der Waals surface area contributed by atoms with Crippen LogP contribution in [0.25, 0.3) is 11.4 Å². The fraction of sp³-hybridized carbons (Fsp3) is 0.125. The molecular weight excluding hydrogens is 310 g/mol. The van der Waals surface area contributed by atoms with Crippen LogP contribution in [0.3, 0.4) is 0 Å². The van der Waals surface area contributed by atoms with E-state index in [4.69, 9.17) is 9.47 Å². The van der Waals surface area contributed by atoms with Crippen molar-refractivity contribution < 1.29 is 14.3 Å². The number of ether oxygens (including phenoxy) is 2. The smallest absolute Gasteiger partial charge is 0.255 e. The lowest BCUT2D eigenvalue weighted by molar-refractivity contribution is 0.102. The average molecular weight is 323 g/mol. The van der Waals surface area contributed by atoms with Crippen LogP contribution < -0.4 is 14.8 Å². The van der Waals surface area contributed by atoms with Gasteiger partial charge >= 0.3 is 0 Å². The molecule has 0 aliphatic carbocycles. The molecular formula is C16H13N5O3. The van der Waals surface area contributed by atoms with Crippen LogP contribution in [-0.4, -0.2) is 39.7 Å². The first kappa shape index (κ1) is 14.2. The van der Waals surface area contributed by atoms with Gasteiger partial charge in [-0.05, 0) is 29.5 Å². The second kappa shape index (κ2) is 5.99. The minimum atomic E-state index is -0.216. The van der Waals surface area contributed by atoms with E-state index >= 15 is 0 Å². The highest BCUT2D eigenvalue weighted by molar-refractivity contribution is 6.04. The molecule has 0 bridgehead atoms. The Bertz CT molecular complexity index is 862. The maximum Gasteiger partial charge on any atom is 0.255 e. The van der Waals surface area contributed by atoms with Gasteiger partial charge in [0.25, 0.3) is 5.91 Å². The summed E-state index contributed by atoms with van der Waals surface area (Å²) < 4.78 is 11.0. The molecule has 0 saturated carbocycles. The van der Waals surface area contributed by atoms with E-state index in [-0.39, 0.29) is 5.91 Å². The molecule has 8 nitrogen and oxygen atoms in total. The van der Waals surface area contributed by atoms with Crippen molar-refractivity contribution in [3.8, 4) is 22.9 Å². The molecule has 1 aromatic heterocycles. The number of nitrogens with zero attached hydrogens (tertiary/aromatic N) is 3.